The van der Waals surface area contributed by atoms with Crippen molar-refractivity contribution in [2.75, 3.05) is 5.75 Å². The Morgan fingerprint density at radius 2 is 1.68 bits per heavy atom. The van der Waals surface area contributed by atoms with Crippen molar-refractivity contribution in [2.24, 2.45) is 0 Å². The first kappa shape index (κ1) is 16.4. The van der Waals surface area contributed by atoms with Gasteiger partial charge in [-0.2, -0.15) is 0 Å². The maximum Gasteiger partial charge on any atom is 0.00778 e. The molecule has 0 aliphatic heterocycles. The standard InChI is InChI=1S/C18H28S/c1-3-5-6-7-8-9-10-11-15-19-18-14-12-13-17(4-2)16-18/h4,12-14,16H,2-3,5-11,15H2,1H3. The van der Waals surface area contributed by atoms with Crippen molar-refractivity contribution in [1.82, 2.24) is 0 Å². The van der Waals surface area contributed by atoms with Gasteiger partial charge in [0.2, 0.25) is 0 Å². The molecule has 0 fully saturated rings. The monoisotopic (exact) mass is 276 g/mol. The van der Waals surface area contributed by atoms with Crippen LogP contribution >= 0.6 is 11.8 Å². The zero-order chi connectivity index (χ0) is 13.8. The molecule has 0 aromatic heterocycles. The second kappa shape index (κ2) is 11.2. The molecule has 1 rings (SSSR count). The lowest BCUT2D eigenvalue weighted by Crippen LogP contribution is -1.84. The van der Waals surface area contributed by atoms with E-state index in [9.17, 15) is 0 Å². The van der Waals surface area contributed by atoms with Crippen molar-refractivity contribution >= 4 is 17.8 Å². The second-order valence-corrected chi connectivity index (χ2v) is 6.27. The van der Waals surface area contributed by atoms with Gasteiger partial charge in [0.1, 0.15) is 0 Å². The predicted octanol–water partition coefficient (Wildman–Crippen LogP) is 6.56. The van der Waals surface area contributed by atoms with Crippen molar-refractivity contribution in [3.63, 3.8) is 0 Å². The molecule has 106 valence electrons. The number of hydrogen-bond acceptors (Lipinski definition) is 1. The second-order valence-electron chi connectivity index (χ2n) is 5.10. The SMILES string of the molecule is C=Cc1cccc(SCCCCCCCCCC)c1. The van der Waals surface area contributed by atoms with Gasteiger partial charge in [-0.05, 0) is 29.9 Å². The Bertz CT molecular complexity index is 343. The lowest BCUT2D eigenvalue weighted by atomic mass is 10.1. The van der Waals surface area contributed by atoms with Crippen LogP contribution in [-0.2, 0) is 0 Å². The Labute approximate surface area is 123 Å². The molecule has 19 heavy (non-hydrogen) atoms. The van der Waals surface area contributed by atoms with Crippen LogP contribution in [0.15, 0.2) is 35.7 Å². The van der Waals surface area contributed by atoms with Crippen LogP contribution in [0.2, 0.25) is 0 Å². The van der Waals surface area contributed by atoms with Gasteiger partial charge in [-0.15, -0.1) is 11.8 Å². The van der Waals surface area contributed by atoms with Crippen molar-refractivity contribution < 1.29 is 0 Å². The number of rotatable bonds is 11. The number of thioether (sulfide) groups is 1. The van der Waals surface area contributed by atoms with E-state index in [1.54, 1.807) is 0 Å². The van der Waals surface area contributed by atoms with Crippen LogP contribution in [0.4, 0.5) is 0 Å². The van der Waals surface area contributed by atoms with Crippen molar-refractivity contribution in [3.8, 4) is 0 Å². The minimum Gasteiger partial charge on any atom is -0.126 e. The molecule has 1 aromatic carbocycles. The van der Waals surface area contributed by atoms with E-state index in [1.807, 2.05) is 17.8 Å². The van der Waals surface area contributed by atoms with E-state index >= 15 is 0 Å². The molecule has 0 saturated heterocycles. The zero-order valence-electron chi connectivity index (χ0n) is 12.4. The van der Waals surface area contributed by atoms with E-state index in [4.69, 9.17) is 0 Å². The van der Waals surface area contributed by atoms with Gasteiger partial charge < -0.3 is 0 Å². The van der Waals surface area contributed by atoms with Gasteiger partial charge in [0, 0.05) is 4.90 Å². The molecular formula is C18H28S. The molecule has 0 spiro atoms. The fourth-order valence-corrected chi connectivity index (χ4v) is 3.14. The largest absolute Gasteiger partial charge is 0.126 e. The molecule has 0 radical (unpaired) electrons. The van der Waals surface area contributed by atoms with Crippen molar-refractivity contribution in [1.29, 1.82) is 0 Å². The molecule has 0 nitrogen and oxygen atoms in total. The molecule has 0 N–H and O–H groups in total. The summed E-state index contributed by atoms with van der Waals surface area (Å²) >= 11 is 1.97. The van der Waals surface area contributed by atoms with E-state index in [0.29, 0.717) is 0 Å². The van der Waals surface area contributed by atoms with E-state index in [2.05, 4.69) is 37.8 Å². The number of unbranched alkanes of at least 4 members (excludes halogenated alkanes) is 7. The Kier molecular flexibility index (Phi) is 9.61. The zero-order valence-corrected chi connectivity index (χ0v) is 13.2. The minimum absolute atomic E-state index is 1.22. The van der Waals surface area contributed by atoms with Crippen LogP contribution in [-0.4, -0.2) is 5.75 Å². The molecule has 1 aromatic rings. The van der Waals surface area contributed by atoms with Gasteiger partial charge in [0.25, 0.3) is 0 Å². The molecule has 0 heterocycles. The smallest absolute Gasteiger partial charge is 0.00778 e. The van der Waals surface area contributed by atoms with Crippen LogP contribution in [0, 0.1) is 0 Å². The van der Waals surface area contributed by atoms with Gasteiger partial charge in [-0.25, -0.2) is 0 Å². The van der Waals surface area contributed by atoms with Crippen LogP contribution in [0.3, 0.4) is 0 Å². The Hall–Kier alpha value is -0.690. The van der Waals surface area contributed by atoms with E-state index < -0.39 is 0 Å². The summed E-state index contributed by atoms with van der Waals surface area (Å²) < 4.78 is 0. The maximum atomic E-state index is 3.81. The predicted molar refractivity (Wildman–Crippen MR) is 89.9 cm³/mol. The minimum atomic E-state index is 1.22. The van der Waals surface area contributed by atoms with Gasteiger partial charge in [-0.1, -0.05) is 76.7 Å². The van der Waals surface area contributed by atoms with Crippen LogP contribution in [0.25, 0.3) is 6.08 Å². The van der Waals surface area contributed by atoms with Gasteiger partial charge in [0.05, 0.1) is 0 Å². The quantitative estimate of drug-likeness (QED) is 0.325. The van der Waals surface area contributed by atoms with Crippen LogP contribution < -0.4 is 0 Å². The maximum absolute atomic E-state index is 3.81. The Balaban J connectivity index is 1.99. The summed E-state index contributed by atoms with van der Waals surface area (Å²) in [6, 6.07) is 8.64. The van der Waals surface area contributed by atoms with E-state index in [0.717, 1.165) is 0 Å². The van der Waals surface area contributed by atoms with Gasteiger partial charge in [-0.3, -0.25) is 0 Å². The lowest BCUT2D eigenvalue weighted by Gasteiger charge is -2.03. The van der Waals surface area contributed by atoms with Crippen LogP contribution in [0.1, 0.15) is 63.9 Å². The molecule has 0 saturated carbocycles. The molecule has 0 amide bonds. The summed E-state index contributed by atoms with van der Waals surface area (Å²) in [4.78, 5) is 1.38. The summed E-state index contributed by atoms with van der Waals surface area (Å²) in [7, 11) is 0. The molecule has 0 bridgehead atoms. The fraction of sp³-hybridized carbons (Fsp3) is 0.556. The fourth-order valence-electron chi connectivity index (χ4n) is 2.16. The topological polar surface area (TPSA) is 0 Å². The third kappa shape index (κ3) is 8.15. The van der Waals surface area contributed by atoms with E-state index in [1.165, 1.54) is 67.6 Å². The lowest BCUT2D eigenvalue weighted by molar-refractivity contribution is 0.586. The highest BCUT2D eigenvalue weighted by Gasteiger charge is 1.96. The highest BCUT2D eigenvalue weighted by molar-refractivity contribution is 7.99. The third-order valence-electron chi connectivity index (χ3n) is 3.36. The van der Waals surface area contributed by atoms with Gasteiger partial charge in [0.15, 0.2) is 0 Å². The van der Waals surface area contributed by atoms with Crippen LogP contribution in [0.5, 0.6) is 0 Å². The average molecular weight is 276 g/mol. The third-order valence-corrected chi connectivity index (χ3v) is 4.44. The van der Waals surface area contributed by atoms with Crippen molar-refractivity contribution in [2.45, 2.75) is 63.2 Å². The summed E-state index contributed by atoms with van der Waals surface area (Å²) in [5, 5.41) is 0. The highest BCUT2D eigenvalue weighted by Crippen LogP contribution is 2.21. The summed E-state index contributed by atoms with van der Waals surface area (Å²) in [5.41, 5.74) is 1.22. The number of hydrogen-bond donors (Lipinski definition) is 0. The summed E-state index contributed by atoms with van der Waals surface area (Å²) in [5.74, 6) is 1.25. The summed E-state index contributed by atoms with van der Waals surface area (Å²) in [6.07, 6.45) is 13.1. The van der Waals surface area contributed by atoms with E-state index in [-0.39, 0.29) is 0 Å². The number of benzene rings is 1. The Morgan fingerprint density at radius 1 is 1.00 bits per heavy atom. The summed E-state index contributed by atoms with van der Waals surface area (Å²) in [6.45, 7) is 6.09. The first-order valence-corrected chi connectivity index (χ1v) is 8.70. The first-order chi connectivity index (χ1) is 9.36. The molecule has 0 aliphatic carbocycles. The molecular weight excluding hydrogens is 248 g/mol. The molecule has 0 aliphatic rings. The molecule has 0 unspecified atom stereocenters. The highest BCUT2D eigenvalue weighted by atomic mass is 32.2. The van der Waals surface area contributed by atoms with Crippen molar-refractivity contribution in [3.05, 3.63) is 36.4 Å². The van der Waals surface area contributed by atoms with Gasteiger partial charge >= 0.3 is 0 Å². The molecule has 0 atom stereocenters. The average Bonchev–Trinajstić information content (AvgIpc) is 2.46. The Morgan fingerprint density at radius 3 is 2.37 bits per heavy atom. The molecule has 1 heteroatoms. The normalized spacial score (nSPS) is 10.6. The first-order valence-electron chi connectivity index (χ1n) is 7.72.